The average Bonchev–Trinajstić information content (AvgIpc) is 2.20. The number of halogens is 1. The van der Waals surface area contributed by atoms with Crippen molar-refractivity contribution in [3.05, 3.63) is 28.7 Å². The predicted octanol–water partition coefficient (Wildman–Crippen LogP) is 3.60. The molecule has 0 N–H and O–H groups in total. The van der Waals surface area contributed by atoms with Crippen LogP contribution in [-0.2, 0) is 4.79 Å². The van der Waals surface area contributed by atoms with Crippen LogP contribution in [0.25, 0.3) is 0 Å². The first-order valence-corrected chi connectivity index (χ1v) is 5.98. The van der Waals surface area contributed by atoms with Gasteiger partial charge in [-0.2, -0.15) is 0 Å². The summed E-state index contributed by atoms with van der Waals surface area (Å²) < 4.78 is 0.969. The Bertz CT molecular complexity index is 338. The van der Waals surface area contributed by atoms with E-state index in [1.165, 1.54) is 0 Å². The summed E-state index contributed by atoms with van der Waals surface area (Å²) in [5.41, 5.74) is 0.957. The molecule has 0 radical (unpaired) electrons. The molecule has 0 saturated heterocycles. The zero-order valence-electron chi connectivity index (χ0n) is 9.16. The summed E-state index contributed by atoms with van der Waals surface area (Å²) in [6, 6.07) is 7.81. The van der Waals surface area contributed by atoms with E-state index in [-0.39, 0.29) is 5.91 Å². The number of carbonyl (C=O) groups excluding carboxylic acids is 1. The van der Waals surface area contributed by atoms with E-state index in [4.69, 9.17) is 0 Å². The molecule has 0 heterocycles. The van der Waals surface area contributed by atoms with Gasteiger partial charge >= 0.3 is 0 Å². The number of carbonyl (C=O) groups is 1. The average molecular weight is 270 g/mol. The molecule has 0 aliphatic heterocycles. The quantitative estimate of drug-likeness (QED) is 0.818. The molecule has 0 unspecified atom stereocenters. The SMILES string of the molecule is CCCCN(C(C)=O)c1ccccc1Br. The molecule has 0 fully saturated rings. The van der Waals surface area contributed by atoms with E-state index in [9.17, 15) is 4.79 Å². The van der Waals surface area contributed by atoms with Crippen molar-refractivity contribution in [3.8, 4) is 0 Å². The molecule has 0 spiro atoms. The maximum absolute atomic E-state index is 11.5. The number of hydrogen-bond acceptors (Lipinski definition) is 1. The van der Waals surface area contributed by atoms with Gasteiger partial charge in [0.15, 0.2) is 0 Å². The van der Waals surface area contributed by atoms with Gasteiger partial charge in [-0.05, 0) is 34.5 Å². The number of nitrogens with zero attached hydrogens (tertiary/aromatic N) is 1. The topological polar surface area (TPSA) is 20.3 Å². The minimum absolute atomic E-state index is 0.0929. The van der Waals surface area contributed by atoms with Gasteiger partial charge in [-0.1, -0.05) is 25.5 Å². The van der Waals surface area contributed by atoms with Crippen LogP contribution in [0.3, 0.4) is 0 Å². The highest BCUT2D eigenvalue weighted by Crippen LogP contribution is 2.26. The van der Waals surface area contributed by atoms with Crippen LogP contribution >= 0.6 is 15.9 Å². The van der Waals surface area contributed by atoms with E-state index < -0.39 is 0 Å². The number of hydrogen-bond donors (Lipinski definition) is 0. The molecule has 1 aromatic carbocycles. The van der Waals surface area contributed by atoms with Crippen molar-refractivity contribution in [1.82, 2.24) is 0 Å². The summed E-state index contributed by atoms with van der Waals surface area (Å²) in [4.78, 5) is 13.3. The second-order valence-electron chi connectivity index (χ2n) is 3.48. The lowest BCUT2D eigenvalue weighted by Crippen LogP contribution is -2.29. The molecule has 15 heavy (non-hydrogen) atoms. The molecule has 0 aromatic heterocycles. The molecule has 3 heteroatoms. The molecule has 1 rings (SSSR count). The van der Waals surface area contributed by atoms with E-state index in [0.29, 0.717) is 0 Å². The molecule has 1 aromatic rings. The van der Waals surface area contributed by atoms with Gasteiger partial charge in [0.1, 0.15) is 0 Å². The Hall–Kier alpha value is -0.830. The van der Waals surface area contributed by atoms with E-state index in [1.807, 2.05) is 29.2 Å². The van der Waals surface area contributed by atoms with Crippen LogP contribution in [-0.4, -0.2) is 12.5 Å². The Morgan fingerprint density at radius 1 is 1.40 bits per heavy atom. The number of rotatable bonds is 4. The van der Waals surface area contributed by atoms with Crippen LogP contribution < -0.4 is 4.90 Å². The van der Waals surface area contributed by atoms with Crippen molar-refractivity contribution < 1.29 is 4.79 Å². The lowest BCUT2D eigenvalue weighted by atomic mass is 10.2. The first-order valence-electron chi connectivity index (χ1n) is 5.19. The molecule has 82 valence electrons. The van der Waals surface area contributed by atoms with Crippen molar-refractivity contribution in [3.63, 3.8) is 0 Å². The molecular weight excluding hydrogens is 254 g/mol. The van der Waals surface area contributed by atoms with Crippen LogP contribution in [0.15, 0.2) is 28.7 Å². The number of amides is 1. The van der Waals surface area contributed by atoms with Gasteiger partial charge in [0.2, 0.25) is 5.91 Å². The highest BCUT2D eigenvalue weighted by Gasteiger charge is 2.12. The van der Waals surface area contributed by atoms with Gasteiger partial charge in [-0.3, -0.25) is 4.79 Å². The molecular formula is C12H16BrNO. The maximum atomic E-state index is 11.5. The highest BCUT2D eigenvalue weighted by atomic mass is 79.9. The Morgan fingerprint density at radius 2 is 2.07 bits per heavy atom. The van der Waals surface area contributed by atoms with Gasteiger partial charge in [0, 0.05) is 17.9 Å². The van der Waals surface area contributed by atoms with Crippen molar-refractivity contribution in [2.75, 3.05) is 11.4 Å². The number of para-hydroxylation sites is 1. The molecule has 0 bridgehead atoms. The fourth-order valence-electron chi connectivity index (χ4n) is 1.43. The van der Waals surface area contributed by atoms with Crippen molar-refractivity contribution in [2.24, 2.45) is 0 Å². The summed E-state index contributed by atoms with van der Waals surface area (Å²) in [5.74, 6) is 0.0929. The van der Waals surface area contributed by atoms with E-state index in [2.05, 4.69) is 22.9 Å². The van der Waals surface area contributed by atoms with Crippen LogP contribution in [0.4, 0.5) is 5.69 Å². The predicted molar refractivity (Wildman–Crippen MR) is 67.1 cm³/mol. The minimum Gasteiger partial charge on any atom is -0.312 e. The van der Waals surface area contributed by atoms with E-state index in [1.54, 1.807) is 6.92 Å². The van der Waals surface area contributed by atoms with Crippen LogP contribution in [0.1, 0.15) is 26.7 Å². The van der Waals surface area contributed by atoms with Gasteiger partial charge in [0.25, 0.3) is 0 Å². The van der Waals surface area contributed by atoms with E-state index in [0.717, 1.165) is 29.5 Å². The standard InChI is InChI=1S/C12H16BrNO/c1-3-4-9-14(10(2)15)12-8-6-5-7-11(12)13/h5-8H,3-4,9H2,1-2H3. The van der Waals surface area contributed by atoms with Crippen LogP contribution in [0, 0.1) is 0 Å². The fourth-order valence-corrected chi connectivity index (χ4v) is 1.93. The Labute approximate surface area is 99.4 Å². The summed E-state index contributed by atoms with van der Waals surface area (Å²) >= 11 is 3.46. The molecule has 0 aliphatic carbocycles. The fraction of sp³-hybridized carbons (Fsp3) is 0.417. The summed E-state index contributed by atoms with van der Waals surface area (Å²) in [5, 5.41) is 0. The molecule has 0 aliphatic rings. The zero-order valence-corrected chi connectivity index (χ0v) is 10.8. The number of unbranched alkanes of at least 4 members (excludes halogenated alkanes) is 1. The smallest absolute Gasteiger partial charge is 0.223 e. The Morgan fingerprint density at radius 3 is 2.60 bits per heavy atom. The largest absolute Gasteiger partial charge is 0.312 e. The maximum Gasteiger partial charge on any atom is 0.223 e. The number of anilines is 1. The first-order chi connectivity index (χ1) is 7.16. The minimum atomic E-state index is 0.0929. The lowest BCUT2D eigenvalue weighted by molar-refractivity contribution is -0.116. The second-order valence-corrected chi connectivity index (χ2v) is 4.33. The van der Waals surface area contributed by atoms with Gasteiger partial charge in [0.05, 0.1) is 5.69 Å². The third kappa shape index (κ3) is 3.34. The Balaban J connectivity index is 2.89. The van der Waals surface area contributed by atoms with Crippen LogP contribution in [0.5, 0.6) is 0 Å². The monoisotopic (exact) mass is 269 g/mol. The summed E-state index contributed by atoms with van der Waals surface area (Å²) in [6.07, 6.45) is 2.12. The molecule has 0 saturated carbocycles. The van der Waals surface area contributed by atoms with Crippen molar-refractivity contribution in [2.45, 2.75) is 26.7 Å². The van der Waals surface area contributed by atoms with Crippen LogP contribution in [0.2, 0.25) is 0 Å². The van der Waals surface area contributed by atoms with E-state index >= 15 is 0 Å². The third-order valence-corrected chi connectivity index (χ3v) is 2.93. The van der Waals surface area contributed by atoms with Gasteiger partial charge in [-0.25, -0.2) is 0 Å². The van der Waals surface area contributed by atoms with Gasteiger partial charge < -0.3 is 4.90 Å². The molecule has 0 atom stereocenters. The number of benzene rings is 1. The third-order valence-electron chi connectivity index (χ3n) is 2.26. The van der Waals surface area contributed by atoms with Gasteiger partial charge in [-0.15, -0.1) is 0 Å². The zero-order chi connectivity index (χ0) is 11.3. The van der Waals surface area contributed by atoms with Crippen molar-refractivity contribution in [1.29, 1.82) is 0 Å². The lowest BCUT2D eigenvalue weighted by Gasteiger charge is -2.22. The molecule has 2 nitrogen and oxygen atoms in total. The van der Waals surface area contributed by atoms with Crippen molar-refractivity contribution >= 4 is 27.5 Å². The normalized spacial score (nSPS) is 10.1. The summed E-state index contributed by atoms with van der Waals surface area (Å²) in [6.45, 7) is 4.52. The second kappa shape index (κ2) is 5.91. The Kier molecular flexibility index (Phi) is 4.82. The summed E-state index contributed by atoms with van der Waals surface area (Å²) in [7, 11) is 0. The highest BCUT2D eigenvalue weighted by molar-refractivity contribution is 9.10. The first kappa shape index (κ1) is 12.2. The molecule has 1 amide bonds.